The van der Waals surface area contributed by atoms with Crippen LogP contribution in [-0.2, 0) is 6.54 Å². The number of rotatable bonds is 5. The van der Waals surface area contributed by atoms with Gasteiger partial charge in [-0.2, -0.15) is 0 Å². The van der Waals surface area contributed by atoms with Crippen molar-refractivity contribution in [2.24, 2.45) is 0 Å². The van der Waals surface area contributed by atoms with Crippen molar-refractivity contribution in [2.75, 3.05) is 6.61 Å². The smallest absolute Gasteiger partial charge is 0.337 e. The molecule has 3 aromatic carbocycles. The predicted octanol–water partition coefficient (Wildman–Crippen LogP) is 4.07. The van der Waals surface area contributed by atoms with Crippen molar-refractivity contribution in [1.29, 1.82) is 0 Å². The highest BCUT2D eigenvalue weighted by Crippen LogP contribution is 2.30. The minimum absolute atomic E-state index is 0.128. The molecule has 1 heterocycles. The number of aromatic nitrogens is 2. The van der Waals surface area contributed by atoms with Crippen molar-refractivity contribution < 1.29 is 20.1 Å². The number of phenols is 1. The summed E-state index contributed by atoms with van der Waals surface area (Å²) in [7, 11) is 0. The van der Waals surface area contributed by atoms with Gasteiger partial charge >= 0.3 is 5.97 Å². The van der Waals surface area contributed by atoms with E-state index in [1.807, 2.05) is 49.4 Å². The number of phenolic OH excluding ortho intramolecular Hbond substituents is 1. The number of aryl methyl sites for hydroxylation is 1. The summed E-state index contributed by atoms with van der Waals surface area (Å²) in [5.74, 6) is -0.195. The van der Waals surface area contributed by atoms with E-state index in [1.54, 1.807) is 22.8 Å². The number of carbonyl (C=O) groups is 1. The lowest BCUT2D eigenvalue weighted by Crippen LogP contribution is -2.08. The molecule has 0 aliphatic carbocycles. The van der Waals surface area contributed by atoms with Crippen LogP contribution in [0.1, 0.15) is 15.9 Å². The Morgan fingerprint density at radius 3 is 2.14 bits per heavy atom. The number of hydrogen-bond donors (Lipinski definition) is 3. The number of fused-ring (bicyclic) bond motifs is 1. The molecule has 3 N–H and O–H groups in total. The number of carboxylic acids is 1. The first-order valence-electron chi connectivity index (χ1n) is 9.23. The van der Waals surface area contributed by atoms with Crippen molar-refractivity contribution in [1.82, 2.24) is 9.55 Å². The largest absolute Gasteiger partial charge is 0.508 e. The summed E-state index contributed by atoms with van der Waals surface area (Å²) in [6.07, 6.45) is 0. The molecule has 6 heteroatoms. The molecule has 0 aliphatic rings. The van der Waals surface area contributed by atoms with Crippen LogP contribution in [0, 0.1) is 6.92 Å². The van der Waals surface area contributed by atoms with Crippen molar-refractivity contribution in [3.63, 3.8) is 0 Å². The van der Waals surface area contributed by atoms with Crippen LogP contribution in [0.3, 0.4) is 0 Å². The van der Waals surface area contributed by atoms with Crippen LogP contribution in [0.25, 0.3) is 33.5 Å². The Hall–Kier alpha value is -3.64. The molecule has 0 aliphatic heterocycles. The average Bonchev–Trinajstić information content (AvgIpc) is 3.06. The zero-order valence-corrected chi connectivity index (χ0v) is 15.8. The van der Waals surface area contributed by atoms with Crippen LogP contribution >= 0.6 is 0 Å². The van der Waals surface area contributed by atoms with Crippen LogP contribution in [-0.4, -0.2) is 37.4 Å². The summed E-state index contributed by atoms with van der Waals surface area (Å²) in [5, 5.41) is 28.6. The van der Waals surface area contributed by atoms with E-state index in [1.165, 1.54) is 0 Å². The highest BCUT2D eigenvalue weighted by atomic mass is 16.4. The highest BCUT2D eigenvalue weighted by Gasteiger charge is 2.19. The maximum Gasteiger partial charge on any atom is 0.337 e. The van der Waals surface area contributed by atoms with Gasteiger partial charge in [0.1, 0.15) is 11.6 Å². The number of aromatic carboxylic acids is 1. The van der Waals surface area contributed by atoms with Crippen LogP contribution in [0.15, 0.2) is 60.7 Å². The van der Waals surface area contributed by atoms with Gasteiger partial charge < -0.3 is 19.9 Å². The first-order valence-corrected chi connectivity index (χ1v) is 9.23. The molecule has 0 amide bonds. The van der Waals surface area contributed by atoms with Crippen molar-refractivity contribution in [2.45, 2.75) is 13.5 Å². The van der Waals surface area contributed by atoms with Gasteiger partial charge in [-0.3, -0.25) is 0 Å². The third-order valence-corrected chi connectivity index (χ3v) is 4.88. The maximum atomic E-state index is 11.8. The lowest BCUT2D eigenvalue weighted by Gasteiger charge is -2.10. The van der Waals surface area contributed by atoms with Crippen LogP contribution in [0.2, 0.25) is 0 Å². The van der Waals surface area contributed by atoms with Crippen molar-refractivity contribution >= 4 is 17.0 Å². The molecule has 0 spiro atoms. The summed E-state index contributed by atoms with van der Waals surface area (Å²) >= 11 is 0. The molecule has 1 aromatic heterocycles. The number of benzene rings is 3. The molecule has 0 unspecified atom stereocenters. The fourth-order valence-corrected chi connectivity index (χ4v) is 3.58. The molecular formula is C23H20N2O4. The summed E-state index contributed by atoms with van der Waals surface area (Å²) in [6, 6.07) is 18.2. The Bertz CT molecular complexity index is 1190. The van der Waals surface area contributed by atoms with E-state index >= 15 is 0 Å². The summed E-state index contributed by atoms with van der Waals surface area (Å²) < 4.78 is 1.76. The number of aromatic hydroxyl groups is 1. The quantitative estimate of drug-likeness (QED) is 0.479. The number of nitrogens with zero attached hydrogens (tertiary/aromatic N) is 2. The number of imidazole rings is 1. The molecular weight excluding hydrogens is 368 g/mol. The molecule has 0 saturated carbocycles. The molecule has 146 valence electrons. The second kappa shape index (κ2) is 7.41. The Morgan fingerprint density at radius 1 is 0.966 bits per heavy atom. The Labute approximate surface area is 167 Å². The number of aliphatic hydroxyl groups excluding tert-OH is 1. The summed E-state index contributed by atoms with van der Waals surface area (Å²) in [6.45, 7) is 1.95. The van der Waals surface area contributed by atoms with Gasteiger partial charge in [0.2, 0.25) is 0 Å². The third kappa shape index (κ3) is 3.46. The standard InChI is InChI=1S/C23H20N2O4/c1-14-12-19(23(28)29)21-20(13-14)24-22(25(21)10-11-26)17-4-2-15(3-5-17)16-6-8-18(27)9-7-16/h2-9,12-13,26-27H,10-11H2,1H3,(H,28,29). The van der Waals surface area contributed by atoms with Gasteiger partial charge in [0.05, 0.1) is 23.2 Å². The van der Waals surface area contributed by atoms with Gasteiger partial charge in [0.25, 0.3) is 0 Å². The van der Waals surface area contributed by atoms with E-state index < -0.39 is 5.97 Å². The number of aliphatic hydroxyl groups is 1. The van der Waals surface area contributed by atoms with E-state index in [2.05, 4.69) is 4.98 Å². The Balaban J connectivity index is 1.85. The Kier molecular flexibility index (Phi) is 4.78. The average molecular weight is 388 g/mol. The maximum absolute atomic E-state index is 11.8. The Morgan fingerprint density at radius 2 is 1.55 bits per heavy atom. The van der Waals surface area contributed by atoms with Crippen LogP contribution in [0.5, 0.6) is 5.75 Å². The minimum Gasteiger partial charge on any atom is -0.508 e. The fraction of sp³-hybridized carbons (Fsp3) is 0.130. The van der Waals surface area contributed by atoms with E-state index in [0.29, 0.717) is 16.9 Å². The summed E-state index contributed by atoms with van der Waals surface area (Å²) in [4.78, 5) is 16.4. The molecule has 0 radical (unpaired) electrons. The van der Waals surface area contributed by atoms with Gasteiger partial charge in [-0.1, -0.05) is 36.4 Å². The molecule has 4 rings (SSSR count). The van der Waals surface area contributed by atoms with Gasteiger partial charge in [0, 0.05) is 12.1 Å². The van der Waals surface area contributed by atoms with Gasteiger partial charge in [-0.15, -0.1) is 0 Å². The third-order valence-electron chi connectivity index (χ3n) is 4.88. The van der Waals surface area contributed by atoms with Crippen LogP contribution < -0.4 is 0 Å². The SMILES string of the molecule is Cc1cc(C(=O)O)c2c(c1)nc(-c1ccc(-c3ccc(O)cc3)cc1)n2CCO. The van der Waals surface area contributed by atoms with E-state index in [9.17, 15) is 20.1 Å². The van der Waals surface area contributed by atoms with Gasteiger partial charge in [-0.05, 0) is 47.9 Å². The number of carboxylic acid groups (broad SMARTS) is 1. The highest BCUT2D eigenvalue weighted by molar-refractivity contribution is 6.02. The normalized spacial score (nSPS) is 11.1. The molecule has 4 aromatic rings. The molecule has 0 saturated heterocycles. The number of hydrogen-bond acceptors (Lipinski definition) is 4. The fourth-order valence-electron chi connectivity index (χ4n) is 3.58. The topological polar surface area (TPSA) is 95.6 Å². The van der Waals surface area contributed by atoms with Crippen molar-refractivity contribution in [3.05, 3.63) is 71.8 Å². The zero-order valence-electron chi connectivity index (χ0n) is 15.8. The van der Waals surface area contributed by atoms with Gasteiger partial charge in [-0.25, -0.2) is 9.78 Å². The van der Waals surface area contributed by atoms with Crippen molar-refractivity contribution in [3.8, 4) is 28.3 Å². The van der Waals surface area contributed by atoms with E-state index in [-0.39, 0.29) is 24.5 Å². The van der Waals surface area contributed by atoms with E-state index in [0.717, 1.165) is 22.3 Å². The molecule has 29 heavy (non-hydrogen) atoms. The second-order valence-electron chi connectivity index (χ2n) is 6.92. The summed E-state index contributed by atoms with van der Waals surface area (Å²) in [5.41, 5.74) is 4.88. The van der Waals surface area contributed by atoms with Gasteiger partial charge in [0.15, 0.2) is 0 Å². The minimum atomic E-state index is -1.02. The lowest BCUT2D eigenvalue weighted by atomic mass is 10.0. The lowest BCUT2D eigenvalue weighted by molar-refractivity contribution is 0.0698. The first-order chi connectivity index (χ1) is 14.0. The molecule has 0 bridgehead atoms. The molecule has 0 atom stereocenters. The van der Waals surface area contributed by atoms with Crippen LogP contribution in [0.4, 0.5) is 0 Å². The second-order valence-corrected chi connectivity index (χ2v) is 6.92. The molecule has 0 fully saturated rings. The predicted molar refractivity (Wildman–Crippen MR) is 111 cm³/mol. The zero-order chi connectivity index (χ0) is 20.5. The van der Waals surface area contributed by atoms with E-state index in [4.69, 9.17) is 0 Å². The molecule has 6 nitrogen and oxygen atoms in total. The first kappa shape index (κ1) is 18.7. The monoisotopic (exact) mass is 388 g/mol.